The van der Waals surface area contributed by atoms with Crippen molar-refractivity contribution in [3.63, 3.8) is 0 Å². The van der Waals surface area contributed by atoms with Crippen LogP contribution in [0.25, 0.3) is 0 Å². The highest BCUT2D eigenvalue weighted by Gasteiger charge is 2.17. The number of hydrogen-bond acceptors (Lipinski definition) is 3. The Morgan fingerprint density at radius 1 is 1.37 bits per heavy atom. The highest BCUT2D eigenvalue weighted by molar-refractivity contribution is 5.92. The molecule has 0 bridgehead atoms. The average Bonchev–Trinajstić information content (AvgIpc) is 2.96. The fourth-order valence-corrected chi connectivity index (χ4v) is 1.78. The third-order valence-corrected chi connectivity index (χ3v) is 2.99. The molecule has 2 rings (SSSR count). The van der Waals surface area contributed by atoms with E-state index in [1.54, 1.807) is 6.07 Å². The SMILES string of the molecule is Cc1ccc(C(C)NC(=O)c2cc(C(C)C)[nH]n2)o1. The van der Waals surface area contributed by atoms with E-state index < -0.39 is 0 Å². The second kappa shape index (κ2) is 5.30. The van der Waals surface area contributed by atoms with E-state index in [2.05, 4.69) is 15.5 Å². The van der Waals surface area contributed by atoms with Gasteiger partial charge >= 0.3 is 0 Å². The van der Waals surface area contributed by atoms with E-state index in [0.29, 0.717) is 11.6 Å². The van der Waals surface area contributed by atoms with Crippen LogP contribution in [-0.2, 0) is 0 Å². The molecule has 0 saturated carbocycles. The summed E-state index contributed by atoms with van der Waals surface area (Å²) in [5.74, 6) is 1.69. The summed E-state index contributed by atoms with van der Waals surface area (Å²) in [6.45, 7) is 7.85. The number of carbonyl (C=O) groups excluding carboxylic acids is 1. The molecule has 2 N–H and O–H groups in total. The minimum atomic E-state index is -0.204. The number of nitrogens with one attached hydrogen (secondary N) is 2. The van der Waals surface area contributed by atoms with Crippen LogP contribution in [-0.4, -0.2) is 16.1 Å². The molecule has 1 unspecified atom stereocenters. The Morgan fingerprint density at radius 2 is 2.11 bits per heavy atom. The van der Waals surface area contributed by atoms with Gasteiger partial charge in [0.1, 0.15) is 17.2 Å². The fourth-order valence-electron chi connectivity index (χ4n) is 1.78. The zero-order valence-electron chi connectivity index (χ0n) is 11.7. The van der Waals surface area contributed by atoms with Gasteiger partial charge in [-0.1, -0.05) is 13.8 Å². The van der Waals surface area contributed by atoms with Crippen molar-refractivity contribution in [2.75, 3.05) is 0 Å². The third kappa shape index (κ3) is 3.05. The monoisotopic (exact) mass is 261 g/mol. The lowest BCUT2D eigenvalue weighted by molar-refractivity contribution is 0.0930. The second-order valence-corrected chi connectivity index (χ2v) is 5.01. The van der Waals surface area contributed by atoms with Gasteiger partial charge in [0.2, 0.25) is 0 Å². The lowest BCUT2D eigenvalue weighted by Gasteiger charge is -2.09. The van der Waals surface area contributed by atoms with Crippen molar-refractivity contribution in [3.05, 3.63) is 41.1 Å². The van der Waals surface area contributed by atoms with Crippen molar-refractivity contribution >= 4 is 5.91 Å². The van der Waals surface area contributed by atoms with E-state index in [0.717, 1.165) is 17.2 Å². The van der Waals surface area contributed by atoms with Gasteiger partial charge in [0, 0.05) is 5.69 Å². The number of H-pyrrole nitrogens is 1. The number of aromatic amines is 1. The number of nitrogens with zero attached hydrogens (tertiary/aromatic N) is 1. The standard InChI is InChI=1S/C14H19N3O2/c1-8(2)11-7-12(17-16-11)14(18)15-10(4)13-6-5-9(3)19-13/h5-8,10H,1-4H3,(H,15,18)(H,16,17). The maximum atomic E-state index is 12.0. The van der Waals surface area contributed by atoms with Crippen molar-refractivity contribution in [2.24, 2.45) is 0 Å². The Labute approximate surface area is 112 Å². The van der Waals surface area contributed by atoms with Gasteiger partial charge in [-0.15, -0.1) is 0 Å². The van der Waals surface area contributed by atoms with Crippen molar-refractivity contribution in [2.45, 2.75) is 39.7 Å². The lowest BCUT2D eigenvalue weighted by atomic mass is 10.1. The van der Waals surface area contributed by atoms with Crippen molar-refractivity contribution < 1.29 is 9.21 Å². The Balaban J connectivity index is 2.04. The first-order valence-electron chi connectivity index (χ1n) is 6.40. The minimum absolute atomic E-state index is 0.180. The Kier molecular flexibility index (Phi) is 3.74. The number of furan rings is 1. The van der Waals surface area contributed by atoms with Crippen LogP contribution in [0.1, 0.15) is 60.4 Å². The molecule has 102 valence electrons. The summed E-state index contributed by atoms with van der Waals surface area (Å²) in [7, 11) is 0. The van der Waals surface area contributed by atoms with Crippen LogP contribution in [0.4, 0.5) is 0 Å². The molecular formula is C14H19N3O2. The van der Waals surface area contributed by atoms with Crippen LogP contribution in [0.15, 0.2) is 22.6 Å². The molecule has 19 heavy (non-hydrogen) atoms. The molecule has 0 saturated heterocycles. The molecule has 0 spiro atoms. The molecule has 2 aromatic rings. The fraction of sp³-hybridized carbons (Fsp3) is 0.429. The highest BCUT2D eigenvalue weighted by atomic mass is 16.3. The molecule has 0 radical (unpaired) electrons. The Hall–Kier alpha value is -2.04. The molecule has 0 aliphatic carbocycles. The average molecular weight is 261 g/mol. The van der Waals surface area contributed by atoms with Gasteiger partial charge in [0.15, 0.2) is 0 Å². The van der Waals surface area contributed by atoms with Gasteiger partial charge < -0.3 is 9.73 Å². The number of carbonyl (C=O) groups is 1. The summed E-state index contributed by atoms with van der Waals surface area (Å²) < 4.78 is 5.48. The van der Waals surface area contributed by atoms with Gasteiger partial charge in [-0.25, -0.2) is 0 Å². The number of amides is 1. The van der Waals surface area contributed by atoms with Crippen LogP contribution in [0.5, 0.6) is 0 Å². The van der Waals surface area contributed by atoms with Crippen LogP contribution >= 0.6 is 0 Å². The summed E-state index contributed by atoms with van der Waals surface area (Å²) >= 11 is 0. The van der Waals surface area contributed by atoms with Crippen molar-refractivity contribution in [1.29, 1.82) is 0 Å². The first kappa shape index (κ1) is 13.4. The molecule has 2 heterocycles. The number of hydrogen-bond donors (Lipinski definition) is 2. The maximum Gasteiger partial charge on any atom is 0.272 e. The van der Waals surface area contributed by atoms with E-state index in [4.69, 9.17) is 4.42 Å². The Morgan fingerprint density at radius 3 is 2.63 bits per heavy atom. The normalized spacial score (nSPS) is 12.7. The summed E-state index contributed by atoms with van der Waals surface area (Å²) in [5, 5.41) is 9.75. The van der Waals surface area contributed by atoms with Gasteiger partial charge in [-0.2, -0.15) is 5.10 Å². The molecule has 2 aromatic heterocycles. The quantitative estimate of drug-likeness (QED) is 0.889. The van der Waals surface area contributed by atoms with E-state index in [-0.39, 0.29) is 11.9 Å². The van der Waals surface area contributed by atoms with Gasteiger partial charge in [-0.05, 0) is 38.0 Å². The molecule has 0 fully saturated rings. The number of aromatic nitrogens is 2. The van der Waals surface area contributed by atoms with Crippen molar-refractivity contribution in [1.82, 2.24) is 15.5 Å². The van der Waals surface area contributed by atoms with E-state index in [1.165, 1.54) is 0 Å². The van der Waals surface area contributed by atoms with Gasteiger partial charge in [0.25, 0.3) is 5.91 Å². The molecule has 0 aliphatic rings. The molecule has 0 aromatic carbocycles. The van der Waals surface area contributed by atoms with Gasteiger partial charge in [-0.3, -0.25) is 9.89 Å². The van der Waals surface area contributed by atoms with Crippen LogP contribution in [0.2, 0.25) is 0 Å². The third-order valence-electron chi connectivity index (χ3n) is 2.99. The van der Waals surface area contributed by atoms with E-state index in [1.807, 2.05) is 39.8 Å². The van der Waals surface area contributed by atoms with E-state index >= 15 is 0 Å². The topological polar surface area (TPSA) is 70.9 Å². The second-order valence-electron chi connectivity index (χ2n) is 5.01. The molecule has 5 heteroatoms. The van der Waals surface area contributed by atoms with Crippen molar-refractivity contribution in [3.8, 4) is 0 Å². The largest absolute Gasteiger partial charge is 0.464 e. The summed E-state index contributed by atoms with van der Waals surface area (Å²) in [6, 6.07) is 5.34. The predicted octanol–water partition coefficient (Wildman–Crippen LogP) is 2.93. The minimum Gasteiger partial charge on any atom is -0.464 e. The molecular weight excluding hydrogens is 242 g/mol. The van der Waals surface area contributed by atoms with Crippen LogP contribution in [0.3, 0.4) is 0 Å². The summed E-state index contributed by atoms with van der Waals surface area (Å²) in [4.78, 5) is 12.0. The first-order chi connectivity index (χ1) is 8.97. The molecule has 5 nitrogen and oxygen atoms in total. The Bertz CT molecular complexity index is 569. The number of rotatable bonds is 4. The number of aryl methyl sites for hydroxylation is 1. The zero-order chi connectivity index (χ0) is 14.0. The smallest absolute Gasteiger partial charge is 0.272 e. The maximum absolute atomic E-state index is 12.0. The predicted molar refractivity (Wildman–Crippen MR) is 72.0 cm³/mol. The zero-order valence-corrected chi connectivity index (χ0v) is 11.7. The summed E-state index contributed by atoms with van der Waals surface area (Å²) in [5.41, 5.74) is 1.35. The van der Waals surface area contributed by atoms with E-state index in [9.17, 15) is 4.79 Å². The van der Waals surface area contributed by atoms with Crippen LogP contribution < -0.4 is 5.32 Å². The molecule has 0 aliphatic heterocycles. The highest BCUT2D eigenvalue weighted by Crippen LogP contribution is 2.17. The lowest BCUT2D eigenvalue weighted by Crippen LogP contribution is -2.26. The summed E-state index contributed by atoms with van der Waals surface area (Å²) in [6.07, 6.45) is 0. The van der Waals surface area contributed by atoms with Gasteiger partial charge in [0.05, 0.1) is 6.04 Å². The first-order valence-corrected chi connectivity index (χ1v) is 6.40. The molecule has 1 amide bonds. The molecule has 1 atom stereocenters. The van der Waals surface area contributed by atoms with Crippen LogP contribution in [0, 0.1) is 6.92 Å².